The lowest BCUT2D eigenvalue weighted by Gasteiger charge is -2.11. The molecule has 4 nitrogen and oxygen atoms in total. The van der Waals surface area contributed by atoms with Crippen LogP contribution in [0.25, 0.3) is 0 Å². The van der Waals surface area contributed by atoms with Gasteiger partial charge in [0.15, 0.2) is 5.75 Å². The maximum atomic E-state index is 13.6. The molecule has 0 unspecified atom stereocenters. The van der Waals surface area contributed by atoms with Crippen molar-refractivity contribution >= 4 is 34.8 Å². The van der Waals surface area contributed by atoms with E-state index in [9.17, 15) is 9.18 Å². The Kier molecular flexibility index (Phi) is 4.01. The van der Waals surface area contributed by atoms with Gasteiger partial charge in [0.2, 0.25) is 0 Å². The van der Waals surface area contributed by atoms with Gasteiger partial charge < -0.3 is 16.2 Å². The lowest BCUT2D eigenvalue weighted by atomic mass is 10.2. The standard InChI is InChI=1S/C13H9Cl2FN2O2/c14-9-3-6(17)4-10(15)12(9)20-7-1-2-8(13(18)19)11(16)5-7/h1-5H,17H2,(H2,18,19). The first kappa shape index (κ1) is 14.4. The van der Waals surface area contributed by atoms with E-state index < -0.39 is 11.7 Å². The van der Waals surface area contributed by atoms with Gasteiger partial charge in [0.25, 0.3) is 5.91 Å². The van der Waals surface area contributed by atoms with Crippen LogP contribution < -0.4 is 16.2 Å². The Hall–Kier alpha value is -1.98. The molecule has 4 N–H and O–H groups in total. The number of carbonyl (C=O) groups excluding carboxylic acids is 1. The fourth-order valence-corrected chi connectivity index (χ4v) is 2.14. The molecule has 1 amide bonds. The van der Waals surface area contributed by atoms with Crippen LogP contribution in [-0.2, 0) is 0 Å². The number of nitrogens with two attached hydrogens (primary N) is 2. The van der Waals surface area contributed by atoms with Crippen molar-refractivity contribution in [3.05, 3.63) is 51.8 Å². The second-order valence-corrected chi connectivity index (χ2v) is 4.74. The number of nitrogen functional groups attached to an aromatic ring is 1. The van der Waals surface area contributed by atoms with Gasteiger partial charge in [0.05, 0.1) is 15.6 Å². The van der Waals surface area contributed by atoms with Crippen LogP contribution in [0.5, 0.6) is 11.5 Å². The number of primary amides is 1. The number of amides is 1. The smallest absolute Gasteiger partial charge is 0.251 e. The number of anilines is 1. The minimum absolute atomic E-state index is 0.126. The van der Waals surface area contributed by atoms with Crippen LogP contribution in [0.4, 0.5) is 10.1 Å². The first-order chi connectivity index (χ1) is 9.38. The highest BCUT2D eigenvalue weighted by atomic mass is 35.5. The molecule has 20 heavy (non-hydrogen) atoms. The SMILES string of the molecule is NC(=O)c1ccc(Oc2c(Cl)cc(N)cc2Cl)cc1F. The van der Waals surface area contributed by atoms with Crippen molar-refractivity contribution in [2.75, 3.05) is 5.73 Å². The molecular formula is C13H9Cl2FN2O2. The Bertz CT molecular complexity index is 669. The Morgan fingerprint density at radius 1 is 1.15 bits per heavy atom. The quantitative estimate of drug-likeness (QED) is 0.849. The van der Waals surface area contributed by atoms with Crippen LogP contribution in [-0.4, -0.2) is 5.91 Å². The van der Waals surface area contributed by atoms with Gasteiger partial charge in [-0.05, 0) is 24.3 Å². The number of hydrogen-bond donors (Lipinski definition) is 2. The van der Waals surface area contributed by atoms with Crippen molar-refractivity contribution in [1.82, 2.24) is 0 Å². The summed E-state index contributed by atoms with van der Waals surface area (Å²) in [6.07, 6.45) is 0. The molecule has 0 saturated carbocycles. The molecule has 0 saturated heterocycles. The lowest BCUT2D eigenvalue weighted by molar-refractivity contribution is 0.0996. The second-order valence-electron chi connectivity index (χ2n) is 3.92. The molecule has 2 aromatic rings. The Morgan fingerprint density at radius 3 is 2.25 bits per heavy atom. The Balaban J connectivity index is 2.36. The van der Waals surface area contributed by atoms with E-state index in [-0.39, 0.29) is 27.1 Å². The molecule has 0 aliphatic carbocycles. The summed E-state index contributed by atoms with van der Waals surface area (Å²) in [6, 6.07) is 6.52. The monoisotopic (exact) mass is 314 g/mol. The molecule has 2 aromatic carbocycles. The van der Waals surface area contributed by atoms with Crippen molar-refractivity contribution in [3.63, 3.8) is 0 Å². The molecule has 0 aromatic heterocycles. The largest absolute Gasteiger partial charge is 0.454 e. The van der Waals surface area contributed by atoms with E-state index in [0.717, 1.165) is 6.07 Å². The predicted octanol–water partition coefficient (Wildman–Crippen LogP) is 3.61. The van der Waals surface area contributed by atoms with Gasteiger partial charge in [-0.1, -0.05) is 23.2 Å². The number of rotatable bonds is 3. The Morgan fingerprint density at radius 2 is 1.75 bits per heavy atom. The highest BCUT2D eigenvalue weighted by Crippen LogP contribution is 2.38. The zero-order valence-electron chi connectivity index (χ0n) is 9.99. The van der Waals surface area contributed by atoms with E-state index in [0.29, 0.717) is 5.69 Å². The third-order valence-electron chi connectivity index (χ3n) is 2.45. The maximum absolute atomic E-state index is 13.6. The second kappa shape index (κ2) is 5.56. The summed E-state index contributed by atoms with van der Waals surface area (Å²) in [5.41, 5.74) is 10.7. The molecule has 0 radical (unpaired) electrons. The van der Waals surface area contributed by atoms with Crippen molar-refractivity contribution in [1.29, 1.82) is 0 Å². The molecule has 0 spiro atoms. The third-order valence-corrected chi connectivity index (χ3v) is 3.01. The summed E-state index contributed by atoms with van der Waals surface area (Å²) < 4.78 is 19.0. The number of carbonyl (C=O) groups is 1. The zero-order valence-corrected chi connectivity index (χ0v) is 11.5. The number of halogens is 3. The van der Waals surface area contributed by atoms with E-state index in [4.69, 9.17) is 39.4 Å². The van der Waals surface area contributed by atoms with Gasteiger partial charge in [-0.3, -0.25) is 4.79 Å². The predicted molar refractivity (Wildman–Crippen MR) is 75.9 cm³/mol. The van der Waals surface area contributed by atoms with Crippen LogP contribution in [0.15, 0.2) is 30.3 Å². The van der Waals surface area contributed by atoms with Crippen molar-refractivity contribution in [2.45, 2.75) is 0 Å². The molecule has 104 valence electrons. The topological polar surface area (TPSA) is 78.3 Å². The minimum atomic E-state index is -0.863. The normalized spacial score (nSPS) is 10.3. The summed E-state index contributed by atoms with van der Waals surface area (Å²) >= 11 is 11.9. The summed E-state index contributed by atoms with van der Waals surface area (Å²) in [5.74, 6) is -1.38. The van der Waals surface area contributed by atoms with E-state index in [1.807, 2.05) is 0 Å². The maximum Gasteiger partial charge on any atom is 0.251 e. The molecule has 2 rings (SSSR count). The number of benzene rings is 2. The van der Waals surface area contributed by atoms with E-state index in [1.54, 1.807) is 0 Å². The van der Waals surface area contributed by atoms with Crippen molar-refractivity contribution in [3.8, 4) is 11.5 Å². The molecule has 7 heteroatoms. The van der Waals surface area contributed by atoms with Gasteiger partial charge >= 0.3 is 0 Å². The van der Waals surface area contributed by atoms with E-state index in [1.165, 1.54) is 24.3 Å². The summed E-state index contributed by atoms with van der Waals surface area (Å²) in [6.45, 7) is 0. The highest BCUT2D eigenvalue weighted by Gasteiger charge is 2.13. The molecule has 0 bridgehead atoms. The molecule has 0 aliphatic heterocycles. The summed E-state index contributed by atoms with van der Waals surface area (Å²) in [4.78, 5) is 10.9. The summed E-state index contributed by atoms with van der Waals surface area (Å²) in [7, 11) is 0. The van der Waals surface area contributed by atoms with Gasteiger partial charge in [-0.2, -0.15) is 0 Å². The van der Waals surface area contributed by atoms with Crippen LogP contribution in [0.3, 0.4) is 0 Å². The Labute approximate surface area is 124 Å². The molecule has 0 heterocycles. The van der Waals surface area contributed by atoms with Gasteiger partial charge in [0, 0.05) is 11.8 Å². The first-order valence-corrected chi connectivity index (χ1v) is 6.16. The molecule has 0 aliphatic rings. The fraction of sp³-hybridized carbons (Fsp3) is 0. The first-order valence-electron chi connectivity index (χ1n) is 5.40. The highest BCUT2D eigenvalue weighted by molar-refractivity contribution is 6.37. The van der Waals surface area contributed by atoms with Gasteiger partial charge in [-0.25, -0.2) is 4.39 Å². The molecule has 0 fully saturated rings. The van der Waals surface area contributed by atoms with E-state index in [2.05, 4.69) is 0 Å². The zero-order chi connectivity index (χ0) is 14.9. The average molecular weight is 315 g/mol. The van der Waals surface area contributed by atoms with Crippen LogP contribution in [0.1, 0.15) is 10.4 Å². The minimum Gasteiger partial charge on any atom is -0.454 e. The van der Waals surface area contributed by atoms with Gasteiger partial charge in [-0.15, -0.1) is 0 Å². The van der Waals surface area contributed by atoms with Gasteiger partial charge in [0.1, 0.15) is 11.6 Å². The van der Waals surface area contributed by atoms with Crippen LogP contribution in [0.2, 0.25) is 10.0 Å². The summed E-state index contributed by atoms with van der Waals surface area (Å²) in [5, 5.41) is 0.378. The van der Waals surface area contributed by atoms with Crippen molar-refractivity contribution < 1.29 is 13.9 Å². The molecule has 0 atom stereocenters. The van der Waals surface area contributed by atoms with Crippen LogP contribution >= 0.6 is 23.2 Å². The number of hydrogen-bond acceptors (Lipinski definition) is 3. The fourth-order valence-electron chi connectivity index (χ4n) is 1.55. The average Bonchev–Trinajstić information content (AvgIpc) is 2.33. The number of ether oxygens (including phenoxy) is 1. The van der Waals surface area contributed by atoms with E-state index >= 15 is 0 Å². The van der Waals surface area contributed by atoms with Crippen LogP contribution in [0, 0.1) is 5.82 Å². The lowest BCUT2D eigenvalue weighted by Crippen LogP contribution is -2.12. The van der Waals surface area contributed by atoms with Crippen molar-refractivity contribution in [2.24, 2.45) is 5.73 Å². The third kappa shape index (κ3) is 2.95. The molecular weight excluding hydrogens is 306 g/mol.